The highest BCUT2D eigenvalue weighted by molar-refractivity contribution is 5.90. The molecule has 66 valence electrons. The van der Waals surface area contributed by atoms with Crippen molar-refractivity contribution in [2.24, 2.45) is 0 Å². The SMILES string of the molecule is C=C/C(=C\C(C)=C/CC)C(=O)O. The Balaban J connectivity index is 4.60. The second kappa shape index (κ2) is 5.35. The van der Waals surface area contributed by atoms with Gasteiger partial charge in [-0.15, -0.1) is 0 Å². The van der Waals surface area contributed by atoms with Crippen LogP contribution in [0, 0.1) is 0 Å². The second-order valence-electron chi connectivity index (χ2n) is 2.47. The average Bonchev–Trinajstić information content (AvgIpc) is 2.00. The molecule has 0 unspecified atom stereocenters. The molecule has 0 bridgehead atoms. The first kappa shape index (κ1) is 10.7. The van der Waals surface area contributed by atoms with E-state index >= 15 is 0 Å². The molecule has 0 saturated heterocycles. The third-order valence-electron chi connectivity index (χ3n) is 1.38. The van der Waals surface area contributed by atoms with Crippen molar-refractivity contribution >= 4 is 5.97 Å². The van der Waals surface area contributed by atoms with Gasteiger partial charge in [0.2, 0.25) is 0 Å². The van der Waals surface area contributed by atoms with Gasteiger partial charge in [0, 0.05) is 0 Å². The summed E-state index contributed by atoms with van der Waals surface area (Å²) in [6, 6.07) is 0. The van der Waals surface area contributed by atoms with Crippen LogP contribution in [0.3, 0.4) is 0 Å². The van der Waals surface area contributed by atoms with Gasteiger partial charge in [-0.3, -0.25) is 0 Å². The number of carbonyl (C=O) groups is 1. The van der Waals surface area contributed by atoms with E-state index in [1.165, 1.54) is 6.08 Å². The monoisotopic (exact) mass is 166 g/mol. The Labute approximate surface area is 72.9 Å². The van der Waals surface area contributed by atoms with Crippen molar-refractivity contribution in [1.82, 2.24) is 0 Å². The Morgan fingerprint density at radius 3 is 2.50 bits per heavy atom. The minimum absolute atomic E-state index is 0.234. The zero-order valence-corrected chi connectivity index (χ0v) is 7.50. The predicted octanol–water partition coefficient (Wildman–Crippen LogP) is 2.54. The number of hydrogen-bond donors (Lipinski definition) is 1. The normalized spacial score (nSPS) is 12.8. The summed E-state index contributed by atoms with van der Waals surface area (Å²) in [5, 5.41) is 8.62. The molecule has 0 atom stereocenters. The maximum absolute atomic E-state index is 10.5. The van der Waals surface area contributed by atoms with Crippen molar-refractivity contribution in [2.75, 3.05) is 0 Å². The third kappa shape index (κ3) is 3.76. The molecule has 0 heterocycles. The number of carboxylic acids is 1. The molecule has 0 radical (unpaired) electrons. The molecular weight excluding hydrogens is 152 g/mol. The van der Waals surface area contributed by atoms with E-state index in [0.29, 0.717) is 0 Å². The summed E-state index contributed by atoms with van der Waals surface area (Å²) in [6.07, 6.45) is 5.83. The molecule has 0 aliphatic carbocycles. The molecule has 0 aromatic rings. The largest absolute Gasteiger partial charge is 0.478 e. The van der Waals surface area contributed by atoms with Crippen LogP contribution in [-0.4, -0.2) is 11.1 Å². The molecule has 0 amide bonds. The summed E-state index contributed by atoms with van der Waals surface area (Å²) in [5.74, 6) is -0.936. The van der Waals surface area contributed by atoms with Crippen molar-refractivity contribution in [3.05, 3.63) is 36.0 Å². The lowest BCUT2D eigenvalue weighted by Crippen LogP contribution is -1.97. The molecule has 1 N–H and O–H groups in total. The van der Waals surface area contributed by atoms with Gasteiger partial charge in [-0.1, -0.05) is 31.2 Å². The van der Waals surface area contributed by atoms with E-state index in [0.717, 1.165) is 12.0 Å². The van der Waals surface area contributed by atoms with Gasteiger partial charge in [0.15, 0.2) is 0 Å². The van der Waals surface area contributed by atoms with E-state index in [1.807, 2.05) is 19.9 Å². The third-order valence-corrected chi connectivity index (χ3v) is 1.38. The van der Waals surface area contributed by atoms with Crippen molar-refractivity contribution in [3.63, 3.8) is 0 Å². The van der Waals surface area contributed by atoms with Crippen LogP contribution < -0.4 is 0 Å². The average molecular weight is 166 g/mol. The number of allylic oxidation sites excluding steroid dienone is 3. The van der Waals surface area contributed by atoms with Crippen LogP contribution in [0.15, 0.2) is 36.0 Å². The Morgan fingerprint density at radius 1 is 1.58 bits per heavy atom. The second-order valence-corrected chi connectivity index (χ2v) is 2.47. The number of hydrogen-bond acceptors (Lipinski definition) is 1. The topological polar surface area (TPSA) is 37.3 Å². The number of carboxylic acid groups (broad SMARTS) is 1. The fraction of sp³-hybridized carbons (Fsp3) is 0.300. The fourth-order valence-electron chi connectivity index (χ4n) is 0.834. The first-order valence-electron chi connectivity index (χ1n) is 3.86. The van der Waals surface area contributed by atoms with E-state index in [-0.39, 0.29) is 5.57 Å². The van der Waals surface area contributed by atoms with Gasteiger partial charge < -0.3 is 5.11 Å². The van der Waals surface area contributed by atoms with Crippen molar-refractivity contribution in [1.29, 1.82) is 0 Å². The van der Waals surface area contributed by atoms with Crippen molar-refractivity contribution in [2.45, 2.75) is 20.3 Å². The summed E-state index contributed by atoms with van der Waals surface area (Å²) in [7, 11) is 0. The van der Waals surface area contributed by atoms with Crippen LogP contribution in [0.4, 0.5) is 0 Å². The van der Waals surface area contributed by atoms with Crippen LogP contribution in [0.2, 0.25) is 0 Å². The summed E-state index contributed by atoms with van der Waals surface area (Å²) < 4.78 is 0. The molecule has 0 aromatic heterocycles. The molecule has 0 saturated carbocycles. The summed E-state index contributed by atoms with van der Waals surface area (Å²) in [5.41, 5.74) is 1.19. The maximum Gasteiger partial charge on any atom is 0.335 e. The van der Waals surface area contributed by atoms with Gasteiger partial charge in [-0.05, 0) is 19.4 Å². The lowest BCUT2D eigenvalue weighted by Gasteiger charge is -1.94. The van der Waals surface area contributed by atoms with E-state index in [4.69, 9.17) is 5.11 Å². The summed E-state index contributed by atoms with van der Waals surface area (Å²) in [4.78, 5) is 10.5. The first-order chi connectivity index (χ1) is 5.61. The van der Waals surface area contributed by atoms with Crippen LogP contribution in [0.1, 0.15) is 20.3 Å². The van der Waals surface area contributed by atoms with Crippen LogP contribution in [0.5, 0.6) is 0 Å². The highest BCUT2D eigenvalue weighted by Crippen LogP contribution is 2.04. The molecule has 0 fully saturated rings. The molecule has 0 aromatic carbocycles. The zero-order valence-electron chi connectivity index (χ0n) is 7.50. The summed E-state index contributed by atoms with van der Waals surface area (Å²) in [6.45, 7) is 7.30. The molecule has 2 nitrogen and oxygen atoms in total. The van der Waals surface area contributed by atoms with Crippen LogP contribution >= 0.6 is 0 Å². The Bertz CT molecular complexity index is 234. The van der Waals surface area contributed by atoms with Crippen molar-refractivity contribution < 1.29 is 9.90 Å². The molecule has 2 heteroatoms. The van der Waals surface area contributed by atoms with Crippen molar-refractivity contribution in [3.8, 4) is 0 Å². The lowest BCUT2D eigenvalue weighted by molar-refractivity contribution is -0.132. The van der Waals surface area contributed by atoms with Gasteiger partial charge in [0.1, 0.15) is 0 Å². The fourth-order valence-corrected chi connectivity index (χ4v) is 0.834. The van der Waals surface area contributed by atoms with E-state index < -0.39 is 5.97 Å². The summed E-state index contributed by atoms with van der Waals surface area (Å²) >= 11 is 0. The zero-order chi connectivity index (χ0) is 9.56. The maximum atomic E-state index is 10.5. The van der Waals surface area contributed by atoms with Gasteiger partial charge in [0.05, 0.1) is 5.57 Å². The van der Waals surface area contributed by atoms with Gasteiger partial charge >= 0.3 is 5.97 Å². The number of rotatable bonds is 4. The highest BCUT2D eigenvalue weighted by atomic mass is 16.4. The Hall–Kier alpha value is -1.31. The highest BCUT2D eigenvalue weighted by Gasteiger charge is 2.00. The van der Waals surface area contributed by atoms with Crippen LogP contribution in [0.25, 0.3) is 0 Å². The molecule has 0 aliphatic heterocycles. The Morgan fingerprint density at radius 2 is 2.17 bits per heavy atom. The van der Waals surface area contributed by atoms with Gasteiger partial charge in [-0.2, -0.15) is 0 Å². The molecular formula is C10H14O2. The quantitative estimate of drug-likeness (QED) is 0.514. The minimum atomic E-state index is -0.936. The molecule has 0 rings (SSSR count). The lowest BCUT2D eigenvalue weighted by atomic mass is 10.1. The van der Waals surface area contributed by atoms with Gasteiger partial charge in [0.25, 0.3) is 0 Å². The molecule has 0 spiro atoms. The van der Waals surface area contributed by atoms with E-state index in [1.54, 1.807) is 6.08 Å². The smallest absolute Gasteiger partial charge is 0.335 e. The minimum Gasteiger partial charge on any atom is -0.478 e. The van der Waals surface area contributed by atoms with E-state index in [2.05, 4.69) is 6.58 Å². The number of aliphatic carboxylic acids is 1. The standard InChI is InChI=1S/C10H14O2/c1-4-6-8(3)7-9(5-2)10(11)12/h5-7H,2,4H2,1,3H3,(H,11,12)/b8-6-,9-7+. The van der Waals surface area contributed by atoms with Gasteiger partial charge in [-0.25, -0.2) is 4.79 Å². The first-order valence-corrected chi connectivity index (χ1v) is 3.86. The molecule has 12 heavy (non-hydrogen) atoms. The predicted molar refractivity (Wildman–Crippen MR) is 50.0 cm³/mol. The Kier molecular flexibility index (Phi) is 4.77. The molecule has 0 aliphatic rings. The van der Waals surface area contributed by atoms with Crippen LogP contribution in [-0.2, 0) is 4.79 Å². The van der Waals surface area contributed by atoms with E-state index in [9.17, 15) is 4.79 Å².